The summed E-state index contributed by atoms with van der Waals surface area (Å²) in [5, 5.41) is 11.0. The summed E-state index contributed by atoms with van der Waals surface area (Å²) in [5.74, 6) is 0.794. The first-order chi connectivity index (χ1) is 15.8. The van der Waals surface area contributed by atoms with Gasteiger partial charge >= 0.3 is 0 Å². The van der Waals surface area contributed by atoms with Gasteiger partial charge in [0.1, 0.15) is 30.9 Å². The number of H-pyrrole nitrogens is 1. The van der Waals surface area contributed by atoms with Crippen molar-refractivity contribution in [1.82, 2.24) is 34.4 Å². The van der Waals surface area contributed by atoms with Crippen molar-refractivity contribution in [1.29, 1.82) is 0 Å². The number of benzene rings is 1. The zero-order valence-corrected chi connectivity index (χ0v) is 18.5. The molecule has 1 fully saturated rings. The number of nitrogens with two attached hydrogens (primary N) is 1. The van der Waals surface area contributed by atoms with E-state index in [2.05, 4.69) is 24.9 Å². The van der Waals surface area contributed by atoms with E-state index in [-0.39, 0.29) is 24.9 Å². The first kappa shape index (κ1) is 21.3. The SMILES string of the molecule is Cc1ccc2nc(COCC(=O)N3CC[C@@](C)(O)[C@H](n4cnc5c(N)ncnc54)C3)[nH]c2c1. The van der Waals surface area contributed by atoms with E-state index in [1.165, 1.54) is 6.33 Å². The van der Waals surface area contributed by atoms with Crippen LogP contribution in [0.15, 0.2) is 30.9 Å². The van der Waals surface area contributed by atoms with Crippen LogP contribution in [-0.4, -0.2) is 70.7 Å². The highest BCUT2D eigenvalue weighted by Gasteiger charge is 2.41. The summed E-state index contributed by atoms with van der Waals surface area (Å²) in [7, 11) is 0. The molecule has 1 aliphatic rings. The number of aromatic nitrogens is 6. The van der Waals surface area contributed by atoms with Crippen molar-refractivity contribution >= 4 is 33.9 Å². The molecule has 33 heavy (non-hydrogen) atoms. The smallest absolute Gasteiger partial charge is 0.248 e. The largest absolute Gasteiger partial charge is 0.388 e. The van der Waals surface area contributed by atoms with Crippen LogP contribution < -0.4 is 5.73 Å². The minimum Gasteiger partial charge on any atom is -0.388 e. The number of aromatic amines is 1. The molecular weight excluding hydrogens is 424 g/mol. The third kappa shape index (κ3) is 4.00. The number of aliphatic hydroxyl groups is 1. The van der Waals surface area contributed by atoms with Crippen molar-refractivity contribution in [2.24, 2.45) is 0 Å². The van der Waals surface area contributed by atoms with Crippen LogP contribution in [-0.2, 0) is 16.1 Å². The molecule has 0 aliphatic carbocycles. The van der Waals surface area contributed by atoms with Crippen molar-refractivity contribution < 1.29 is 14.6 Å². The minimum atomic E-state index is -1.04. The molecule has 4 aromatic rings. The zero-order valence-electron chi connectivity index (χ0n) is 18.5. The number of fused-ring (bicyclic) bond motifs is 2. The van der Waals surface area contributed by atoms with Crippen LogP contribution in [0.5, 0.6) is 0 Å². The fraction of sp³-hybridized carbons (Fsp3) is 0.409. The van der Waals surface area contributed by atoms with Crippen molar-refractivity contribution in [3.8, 4) is 0 Å². The van der Waals surface area contributed by atoms with E-state index in [4.69, 9.17) is 10.5 Å². The normalized spacial score (nSPS) is 21.2. The standard InChI is InChI=1S/C22H26N8O3/c1-13-3-4-14-15(7-13)28-17(27-14)9-33-10-18(31)29-6-5-22(2,32)16(8-29)30-12-26-19-20(23)24-11-25-21(19)30/h3-4,7,11-12,16,32H,5-6,8-10H2,1-2H3,(H,27,28)(H2,23,24,25)/t16-,22-/m1/s1. The van der Waals surface area contributed by atoms with E-state index in [1.807, 2.05) is 25.1 Å². The molecule has 1 amide bonds. The minimum absolute atomic E-state index is 0.0786. The Bertz CT molecular complexity index is 1330. The number of ether oxygens (including phenoxy) is 1. The number of amides is 1. The predicted molar refractivity (Wildman–Crippen MR) is 121 cm³/mol. The Morgan fingerprint density at radius 1 is 1.36 bits per heavy atom. The van der Waals surface area contributed by atoms with Crippen LogP contribution in [0.1, 0.15) is 30.8 Å². The second-order valence-electron chi connectivity index (χ2n) is 8.74. The number of carbonyl (C=O) groups excluding carboxylic acids is 1. The molecule has 4 N–H and O–H groups in total. The van der Waals surface area contributed by atoms with Crippen LogP contribution in [0, 0.1) is 6.92 Å². The van der Waals surface area contributed by atoms with Gasteiger partial charge in [-0.1, -0.05) is 6.07 Å². The van der Waals surface area contributed by atoms with Crippen LogP contribution in [0.25, 0.3) is 22.2 Å². The van der Waals surface area contributed by atoms with Crippen LogP contribution in [0.4, 0.5) is 5.82 Å². The third-order valence-electron chi connectivity index (χ3n) is 6.23. The van der Waals surface area contributed by atoms with Gasteiger partial charge in [0.15, 0.2) is 11.5 Å². The Hall–Kier alpha value is -3.57. The van der Waals surface area contributed by atoms with E-state index in [0.717, 1.165) is 16.6 Å². The van der Waals surface area contributed by atoms with E-state index in [0.29, 0.717) is 36.5 Å². The summed E-state index contributed by atoms with van der Waals surface area (Å²) in [6, 6.07) is 5.54. The first-order valence-corrected chi connectivity index (χ1v) is 10.8. The second-order valence-corrected chi connectivity index (χ2v) is 8.74. The lowest BCUT2D eigenvalue weighted by Crippen LogP contribution is -2.53. The molecule has 1 saturated heterocycles. The maximum atomic E-state index is 12.9. The molecule has 1 aromatic carbocycles. The molecule has 1 aliphatic heterocycles. The predicted octanol–water partition coefficient (Wildman–Crippen LogP) is 1.33. The lowest BCUT2D eigenvalue weighted by Gasteiger charge is -2.43. The lowest BCUT2D eigenvalue weighted by molar-refractivity contribution is -0.143. The molecule has 0 bridgehead atoms. The number of nitrogens with zero attached hydrogens (tertiary/aromatic N) is 6. The Kier molecular flexibility index (Phi) is 5.22. The van der Waals surface area contributed by atoms with Gasteiger partial charge in [-0.2, -0.15) is 0 Å². The Morgan fingerprint density at radius 2 is 2.21 bits per heavy atom. The van der Waals surface area contributed by atoms with Gasteiger partial charge in [0.25, 0.3) is 0 Å². The summed E-state index contributed by atoms with van der Waals surface area (Å²) in [6.07, 6.45) is 3.36. The third-order valence-corrected chi connectivity index (χ3v) is 6.23. The van der Waals surface area contributed by atoms with Crippen molar-refractivity contribution in [3.63, 3.8) is 0 Å². The number of carbonyl (C=O) groups is 1. The lowest BCUT2D eigenvalue weighted by atomic mass is 9.88. The molecular formula is C22H26N8O3. The number of hydrogen-bond acceptors (Lipinski definition) is 8. The average Bonchev–Trinajstić information content (AvgIpc) is 3.38. The number of nitrogens with one attached hydrogen (secondary N) is 1. The summed E-state index contributed by atoms with van der Waals surface area (Å²) in [5.41, 5.74) is 8.80. The quantitative estimate of drug-likeness (QED) is 0.412. The zero-order chi connectivity index (χ0) is 23.2. The molecule has 5 rings (SSSR count). The van der Waals surface area contributed by atoms with Gasteiger partial charge in [0, 0.05) is 13.1 Å². The number of piperidine rings is 1. The maximum absolute atomic E-state index is 12.9. The van der Waals surface area contributed by atoms with Gasteiger partial charge in [-0.3, -0.25) is 4.79 Å². The topological polar surface area (TPSA) is 148 Å². The number of likely N-dealkylation sites (tertiary alicyclic amines) is 1. The van der Waals surface area contributed by atoms with Gasteiger partial charge in [-0.15, -0.1) is 0 Å². The van der Waals surface area contributed by atoms with Crippen LogP contribution >= 0.6 is 0 Å². The Labute approximate surface area is 189 Å². The van der Waals surface area contributed by atoms with Crippen molar-refractivity contribution in [3.05, 3.63) is 42.2 Å². The summed E-state index contributed by atoms with van der Waals surface area (Å²) >= 11 is 0. The monoisotopic (exact) mass is 450 g/mol. The number of rotatable bonds is 5. The Morgan fingerprint density at radius 3 is 3.06 bits per heavy atom. The fourth-order valence-corrected chi connectivity index (χ4v) is 4.31. The fourth-order valence-electron chi connectivity index (χ4n) is 4.31. The second kappa shape index (κ2) is 8.09. The highest BCUT2D eigenvalue weighted by atomic mass is 16.5. The molecule has 3 aromatic heterocycles. The molecule has 2 atom stereocenters. The molecule has 0 spiro atoms. The van der Waals surface area contributed by atoms with Gasteiger partial charge < -0.3 is 30.0 Å². The Balaban J connectivity index is 1.26. The molecule has 11 nitrogen and oxygen atoms in total. The number of aryl methyl sites for hydroxylation is 1. The molecule has 4 heterocycles. The van der Waals surface area contributed by atoms with Gasteiger partial charge in [-0.05, 0) is 38.0 Å². The number of hydrogen-bond donors (Lipinski definition) is 3. The van der Waals surface area contributed by atoms with Crippen molar-refractivity contribution in [2.75, 3.05) is 25.4 Å². The number of anilines is 1. The molecule has 11 heteroatoms. The van der Waals surface area contributed by atoms with E-state index in [1.54, 1.807) is 22.7 Å². The van der Waals surface area contributed by atoms with Gasteiger partial charge in [-0.25, -0.2) is 19.9 Å². The average molecular weight is 451 g/mol. The number of imidazole rings is 2. The molecule has 0 saturated carbocycles. The van der Waals surface area contributed by atoms with Crippen LogP contribution in [0.2, 0.25) is 0 Å². The van der Waals surface area contributed by atoms with Crippen LogP contribution in [0.3, 0.4) is 0 Å². The number of nitrogen functional groups attached to an aromatic ring is 1. The van der Waals surface area contributed by atoms with E-state index < -0.39 is 11.6 Å². The van der Waals surface area contributed by atoms with Crippen molar-refractivity contribution in [2.45, 2.75) is 38.5 Å². The van der Waals surface area contributed by atoms with E-state index in [9.17, 15) is 9.90 Å². The summed E-state index contributed by atoms with van der Waals surface area (Å²) in [6.45, 7) is 4.64. The maximum Gasteiger partial charge on any atom is 0.248 e. The highest BCUT2D eigenvalue weighted by Crippen LogP contribution is 2.34. The first-order valence-electron chi connectivity index (χ1n) is 10.8. The van der Waals surface area contributed by atoms with Gasteiger partial charge in [0.2, 0.25) is 5.91 Å². The summed E-state index contributed by atoms with van der Waals surface area (Å²) in [4.78, 5) is 34.8. The van der Waals surface area contributed by atoms with Gasteiger partial charge in [0.05, 0.1) is 29.0 Å². The summed E-state index contributed by atoms with van der Waals surface area (Å²) < 4.78 is 7.42. The molecule has 0 radical (unpaired) electrons. The molecule has 0 unspecified atom stereocenters. The highest BCUT2D eigenvalue weighted by molar-refractivity contribution is 5.81. The van der Waals surface area contributed by atoms with E-state index >= 15 is 0 Å². The molecule has 172 valence electrons.